The summed E-state index contributed by atoms with van der Waals surface area (Å²) >= 11 is 0. The lowest BCUT2D eigenvalue weighted by Crippen LogP contribution is -2.23. The van der Waals surface area contributed by atoms with Gasteiger partial charge in [0.05, 0.1) is 17.9 Å². The first kappa shape index (κ1) is 19.3. The molecular formula is C25H22N4O. The predicted octanol–water partition coefficient (Wildman–Crippen LogP) is 5.17. The fourth-order valence-electron chi connectivity index (χ4n) is 3.04. The SMILES string of the molecule is Cc1ccc(-c2cc(-c3ccccc3)nc(NC(=O)CNc3ccccc3)n2)cc1. The van der Waals surface area contributed by atoms with Crippen LogP contribution in [0.3, 0.4) is 0 Å². The van der Waals surface area contributed by atoms with Crippen molar-refractivity contribution in [2.75, 3.05) is 17.2 Å². The van der Waals surface area contributed by atoms with Gasteiger partial charge in [-0.15, -0.1) is 0 Å². The third-order valence-corrected chi connectivity index (χ3v) is 4.62. The van der Waals surface area contributed by atoms with Crippen LogP contribution < -0.4 is 10.6 Å². The van der Waals surface area contributed by atoms with Crippen molar-refractivity contribution >= 4 is 17.5 Å². The van der Waals surface area contributed by atoms with Crippen molar-refractivity contribution in [3.05, 3.63) is 96.6 Å². The summed E-state index contributed by atoms with van der Waals surface area (Å²) < 4.78 is 0. The Morgan fingerprint density at radius 2 is 1.33 bits per heavy atom. The number of aromatic nitrogens is 2. The zero-order valence-corrected chi connectivity index (χ0v) is 16.7. The van der Waals surface area contributed by atoms with Crippen LogP contribution in [0.2, 0.25) is 0 Å². The molecule has 1 heterocycles. The molecule has 1 aromatic heterocycles. The number of anilines is 2. The first-order valence-electron chi connectivity index (χ1n) is 9.78. The second-order valence-corrected chi connectivity index (χ2v) is 6.96. The van der Waals surface area contributed by atoms with E-state index in [9.17, 15) is 4.79 Å². The predicted molar refractivity (Wildman–Crippen MR) is 121 cm³/mol. The maximum Gasteiger partial charge on any atom is 0.246 e. The fourth-order valence-corrected chi connectivity index (χ4v) is 3.04. The van der Waals surface area contributed by atoms with Gasteiger partial charge in [0, 0.05) is 16.8 Å². The Labute approximate surface area is 175 Å². The number of aryl methyl sites for hydroxylation is 1. The molecule has 0 atom stereocenters. The van der Waals surface area contributed by atoms with Crippen molar-refractivity contribution < 1.29 is 4.79 Å². The Morgan fingerprint density at radius 3 is 1.97 bits per heavy atom. The van der Waals surface area contributed by atoms with Gasteiger partial charge in [-0.05, 0) is 25.1 Å². The molecule has 0 aliphatic heterocycles. The zero-order chi connectivity index (χ0) is 20.8. The van der Waals surface area contributed by atoms with Gasteiger partial charge in [-0.25, -0.2) is 9.97 Å². The highest BCUT2D eigenvalue weighted by Gasteiger charge is 2.11. The van der Waals surface area contributed by atoms with E-state index in [1.807, 2.05) is 97.9 Å². The molecule has 0 bridgehead atoms. The molecule has 0 aliphatic carbocycles. The minimum absolute atomic E-state index is 0.128. The molecule has 148 valence electrons. The van der Waals surface area contributed by atoms with Crippen LogP contribution in [-0.2, 0) is 4.79 Å². The number of hydrogen-bond acceptors (Lipinski definition) is 4. The second kappa shape index (κ2) is 9.01. The maximum absolute atomic E-state index is 12.5. The summed E-state index contributed by atoms with van der Waals surface area (Å²) in [7, 11) is 0. The van der Waals surface area contributed by atoms with Gasteiger partial charge in [-0.3, -0.25) is 10.1 Å². The quantitative estimate of drug-likeness (QED) is 0.473. The Bertz CT molecular complexity index is 1130. The lowest BCUT2D eigenvalue weighted by Gasteiger charge is -2.11. The largest absolute Gasteiger partial charge is 0.376 e. The lowest BCUT2D eigenvalue weighted by molar-refractivity contribution is -0.114. The number of nitrogens with zero attached hydrogens (tertiary/aromatic N) is 2. The Balaban J connectivity index is 1.60. The van der Waals surface area contributed by atoms with Crippen LogP contribution in [0.15, 0.2) is 91.0 Å². The highest BCUT2D eigenvalue weighted by atomic mass is 16.2. The van der Waals surface area contributed by atoms with Gasteiger partial charge < -0.3 is 5.32 Å². The minimum Gasteiger partial charge on any atom is -0.376 e. The van der Waals surface area contributed by atoms with Gasteiger partial charge in [0.25, 0.3) is 0 Å². The molecule has 4 aromatic rings. The molecule has 2 N–H and O–H groups in total. The molecule has 0 spiro atoms. The average Bonchev–Trinajstić information content (AvgIpc) is 2.79. The van der Waals surface area contributed by atoms with E-state index >= 15 is 0 Å². The van der Waals surface area contributed by atoms with Crippen LogP contribution in [0.5, 0.6) is 0 Å². The fraction of sp³-hybridized carbons (Fsp3) is 0.0800. The first-order valence-corrected chi connectivity index (χ1v) is 9.78. The maximum atomic E-state index is 12.5. The smallest absolute Gasteiger partial charge is 0.246 e. The van der Waals surface area contributed by atoms with E-state index in [1.165, 1.54) is 5.56 Å². The standard InChI is InChI=1S/C25H22N4O/c1-18-12-14-20(15-13-18)23-16-22(19-8-4-2-5-9-19)27-25(28-23)29-24(30)17-26-21-10-6-3-7-11-21/h2-16,26H,17H2,1H3,(H,27,28,29,30). The third-order valence-electron chi connectivity index (χ3n) is 4.62. The molecule has 3 aromatic carbocycles. The number of rotatable bonds is 6. The molecule has 5 heteroatoms. The average molecular weight is 394 g/mol. The number of amides is 1. The molecule has 30 heavy (non-hydrogen) atoms. The van der Waals surface area contributed by atoms with Crippen molar-refractivity contribution in [1.29, 1.82) is 0 Å². The van der Waals surface area contributed by atoms with Crippen LogP contribution in [-0.4, -0.2) is 22.4 Å². The molecule has 0 saturated heterocycles. The lowest BCUT2D eigenvalue weighted by atomic mass is 10.1. The van der Waals surface area contributed by atoms with Crippen molar-refractivity contribution in [3.8, 4) is 22.5 Å². The first-order chi connectivity index (χ1) is 14.7. The van der Waals surface area contributed by atoms with Crippen molar-refractivity contribution in [2.24, 2.45) is 0 Å². The third kappa shape index (κ3) is 4.89. The van der Waals surface area contributed by atoms with E-state index < -0.39 is 0 Å². The van der Waals surface area contributed by atoms with Gasteiger partial charge in [-0.2, -0.15) is 0 Å². The summed E-state index contributed by atoms with van der Waals surface area (Å²) in [4.78, 5) is 21.6. The van der Waals surface area contributed by atoms with E-state index in [1.54, 1.807) is 0 Å². The number of hydrogen-bond donors (Lipinski definition) is 2. The van der Waals surface area contributed by atoms with Crippen molar-refractivity contribution in [3.63, 3.8) is 0 Å². The van der Waals surface area contributed by atoms with E-state index in [0.717, 1.165) is 28.2 Å². The van der Waals surface area contributed by atoms with Crippen LogP contribution in [0.1, 0.15) is 5.56 Å². The van der Waals surface area contributed by atoms with Gasteiger partial charge in [0.1, 0.15) is 0 Å². The number of carbonyl (C=O) groups is 1. The number of carbonyl (C=O) groups excluding carboxylic acids is 1. The molecular weight excluding hydrogens is 372 g/mol. The van der Waals surface area contributed by atoms with E-state index in [4.69, 9.17) is 0 Å². The Morgan fingerprint density at radius 1 is 0.767 bits per heavy atom. The molecule has 0 radical (unpaired) electrons. The van der Waals surface area contributed by atoms with E-state index in [2.05, 4.69) is 20.6 Å². The topological polar surface area (TPSA) is 66.9 Å². The molecule has 4 rings (SSSR count). The van der Waals surface area contributed by atoms with Crippen molar-refractivity contribution in [1.82, 2.24) is 9.97 Å². The summed E-state index contributed by atoms with van der Waals surface area (Å²) in [6.45, 7) is 2.17. The normalized spacial score (nSPS) is 10.4. The van der Waals surface area contributed by atoms with E-state index in [-0.39, 0.29) is 18.4 Å². The van der Waals surface area contributed by atoms with Gasteiger partial charge in [0.15, 0.2) is 0 Å². The van der Waals surface area contributed by atoms with Crippen LogP contribution >= 0.6 is 0 Å². The second-order valence-electron chi connectivity index (χ2n) is 6.96. The molecule has 0 aliphatic rings. The number of para-hydroxylation sites is 1. The summed E-state index contributed by atoms with van der Waals surface area (Å²) in [5.74, 6) is 0.0747. The monoisotopic (exact) mass is 394 g/mol. The highest BCUT2D eigenvalue weighted by molar-refractivity contribution is 5.92. The Kier molecular flexibility index (Phi) is 5.80. The minimum atomic E-state index is -0.209. The number of nitrogens with one attached hydrogen (secondary N) is 2. The van der Waals surface area contributed by atoms with Gasteiger partial charge in [-0.1, -0.05) is 78.4 Å². The van der Waals surface area contributed by atoms with Gasteiger partial charge in [0.2, 0.25) is 11.9 Å². The molecule has 0 fully saturated rings. The Hall–Kier alpha value is -3.99. The molecule has 1 amide bonds. The summed E-state index contributed by atoms with van der Waals surface area (Å²) in [5, 5.41) is 5.92. The highest BCUT2D eigenvalue weighted by Crippen LogP contribution is 2.25. The molecule has 0 saturated carbocycles. The molecule has 5 nitrogen and oxygen atoms in total. The summed E-state index contributed by atoms with van der Waals surface area (Å²) in [6.07, 6.45) is 0. The number of benzene rings is 3. The van der Waals surface area contributed by atoms with Crippen LogP contribution in [0.4, 0.5) is 11.6 Å². The summed E-state index contributed by atoms with van der Waals surface area (Å²) in [5.41, 5.74) is 5.51. The van der Waals surface area contributed by atoms with Crippen molar-refractivity contribution in [2.45, 2.75) is 6.92 Å². The zero-order valence-electron chi connectivity index (χ0n) is 16.7. The molecule has 0 unspecified atom stereocenters. The van der Waals surface area contributed by atoms with Crippen LogP contribution in [0.25, 0.3) is 22.5 Å². The summed E-state index contributed by atoms with van der Waals surface area (Å²) in [6, 6.07) is 29.5. The van der Waals surface area contributed by atoms with E-state index in [0.29, 0.717) is 0 Å². The van der Waals surface area contributed by atoms with Gasteiger partial charge >= 0.3 is 0 Å². The van der Waals surface area contributed by atoms with Crippen LogP contribution in [0, 0.1) is 6.92 Å².